The van der Waals surface area contributed by atoms with Gasteiger partial charge in [0, 0.05) is 24.8 Å². The molecule has 0 atom stereocenters. The lowest BCUT2D eigenvalue weighted by Crippen LogP contribution is -2.36. The second-order valence-corrected chi connectivity index (χ2v) is 8.12. The highest BCUT2D eigenvalue weighted by atomic mass is 32.2. The van der Waals surface area contributed by atoms with Crippen molar-refractivity contribution in [1.82, 2.24) is 5.32 Å². The van der Waals surface area contributed by atoms with Gasteiger partial charge in [0.2, 0.25) is 5.91 Å². The summed E-state index contributed by atoms with van der Waals surface area (Å²) in [5.41, 5.74) is 0.380. The summed E-state index contributed by atoms with van der Waals surface area (Å²) in [4.78, 5) is 12.1. The largest absolute Gasteiger partial charge is 0.396 e. The van der Waals surface area contributed by atoms with Gasteiger partial charge in [-0.3, -0.25) is 4.79 Å². The number of carbonyl (C=O) groups is 1. The lowest BCUT2D eigenvalue weighted by molar-refractivity contribution is -0.126. The lowest BCUT2D eigenvalue weighted by Gasteiger charge is -2.36. The average molecular weight is 301 g/mol. The van der Waals surface area contributed by atoms with Gasteiger partial charge in [0.1, 0.15) is 0 Å². The standard InChI is InChI=1S/C16H31NO2S/c1-16(2,3)14-7-5-13(6-8-14)15(19)17-9-12-20-11-4-10-18/h13-14,18H,4-12H2,1-3H3,(H,17,19). The SMILES string of the molecule is CC(C)(C)C1CCC(C(=O)NCCSCCCO)CC1. The van der Waals surface area contributed by atoms with Crippen molar-refractivity contribution in [3.8, 4) is 0 Å². The topological polar surface area (TPSA) is 49.3 Å². The highest BCUT2D eigenvalue weighted by Gasteiger charge is 2.32. The molecule has 0 aromatic carbocycles. The van der Waals surface area contributed by atoms with Gasteiger partial charge in [-0.25, -0.2) is 0 Å². The molecular formula is C16H31NO2S. The number of amides is 1. The molecule has 1 rings (SSSR count). The van der Waals surface area contributed by atoms with Gasteiger partial charge >= 0.3 is 0 Å². The zero-order valence-corrected chi connectivity index (χ0v) is 14.1. The van der Waals surface area contributed by atoms with Crippen molar-refractivity contribution >= 4 is 17.7 Å². The second kappa shape index (κ2) is 8.93. The summed E-state index contributed by atoms with van der Waals surface area (Å²) >= 11 is 1.80. The normalized spacial score (nSPS) is 23.6. The molecule has 0 aromatic rings. The van der Waals surface area contributed by atoms with Crippen LogP contribution in [0.5, 0.6) is 0 Å². The van der Waals surface area contributed by atoms with E-state index in [0.717, 1.165) is 43.2 Å². The molecule has 0 unspecified atom stereocenters. The van der Waals surface area contributed by atoms with E-state index in [1.54, 1.807) is 11.8 Å². The molecule has 0 radical (unpaired) electrons. The van der Waals surface area contributed by atoms with Gasteiger partial charge in [-0.05, 0) is 49.2 Å². The summed E-state index contributed by atoms with van der Waals surface area (Å²) in [6.07, 6.45) is 5.31. The van der Waals surface area contributed by atoms with Gasteiger partial charge in [0.15, 0.2) is 0 Å². The number of thioether (sulfide) groups is 1. The summed E-state index contributed by atoms with van der Waals surface area (Å²) in [7, 11) is 0. The maximum absolute atomic E-state index is 12.1. The third-order valence-electron chi connectivity index (χ3n) is 4.32. The zero-order chi connectivity index (χ0) is 15.0. The van der Waals surface area contributed by atoms with Gasteiger partial charge in [0.05, 0.1) is 0 Å². The quantitative estimate of drug-likeness (QED) is 0.711. The highest BCUT2D eigenvalue weighted by molar-refractivity contribution is 7.99. The van der Waals surface area contributed by atoms with Crippen LogP contribution in [0.25, 0.3) is 0 Å². The maximum atomic E-state index is 12.1. The fraction of sp³-hybridized carbons (Fsp3) is 0.938. The van der Waals surface area contributed by atoms with Crippen LogP contribution in [0.2, 0.25) is 0 Å². The minimum atomic E-state index is 0.232. The Morgan fingerprint density at radius 3 is 2.40 bits per heavy atom. The molecule has 1 fully saturated rings. The Morgan fingerprint density at radius 2 is 1.85 bits per heavy atom. The van der Waals surface area contributed by atoms with E-state index in [0.29, 0.717) is 5.41 Å². The molecule has 3 nitrogen and oxygen atoms in total. The van der Waals surface area contributed by atoms with Crippen LogP contribution in [-0.2, 0) is 4.79 Å². The lowest BCUT2D eigenvalue weighted by atomic mass is 9.70. The van der Waals surface area contributed by atoms with E-state index in [9.17, 15) is 4.79 Å². The van der Waals surface area contributed by atoms with Crippen LogP contribution in [0, 0.1) is 17.3 Å². The Labute approximate surface area is 128 Å². The molecule has 118 valence electrons. The Morgan fingerprint density at radius 1 is 1.20 bits per heavy atom. The van der Waals surface area contributed by atoms with Gasteiger partial charge in [-0.1, -0.05) is 20.8 Å². The minimum absolute atomic E-state index is 0.232. The van der Waals surface area contributed by atoms with Crippen LogP contribution < -0.4 is 5.32 Å². The molecule has 1 saturated carbocycles. The smallest absolute Gasteiger partial charge is 0.223 e. The van der Waals surface area contributed by atoms with E-state index in [4.69, 9.17) is 5.11 Å². The van der Waals surface area contributed by atoms with Crippen molar-refractivity contribution in [3.63, 3.8) is 0 Å². The Bertz CT molecular complexity index is 281. The van der Waals surface area contributed by atoms with Gasteiger partial charge in [0.25, 0.3) is 0 Å². The van der Waals surface area contributed by atoms with E-state index >= 15 is 0 Å². The van der Waals surface area contributed by atoms with Crippen molar-refractivity contribution in [3.05, 3.63) is 0 Å². The van der Waals surface area contributed by atoms with Crippen molar-refractivity contribution in [2.45, 2.75) is 52.9 Å². The maximum Gasteiger partial charge on any atom is 0.223 e. The summed E-state index contributed by atoms with van der Waals surface area (Å²) in [6.45, 7) is 7.94. The fourth-order valence-corrected chi connectivity index (χ4v) is 3.66. The third-order valence-corrected chi connectivity index (χ3v) is 5.39. The molecule has 2 N–H and O–H groups in total. The van der Waals surface area contributed by atoms with Gasteiger partial charge in [-0.15, -0.1) is 0 Å². The van der Waals surface area contributed by atoms with Crippen molar-refractivity contribution in [1.29, 1.82) is 0 Å². The molecule has 20 heavy (non-hydrogen) atoms. The van der Waals surface area contributed by atoms with Crippen LogP contribution >= 0.6 is 11.8 Å². The number of hydrogen-bond acceptors (Lipinski definition) is 3. The van der Waals surface area contributed by atoms with Crippen LogP contribution in [0.1, 0.15) is 52.9 Å². The number of aliphatic hydroxyl groups is 1. The first-order valence-electron chi connectivity index (χ1n) is 7.91. The Hall–Kier alpha value is -0.220. The molecule has 0 heterocycles. The van der Waals surface area contributed by atoms with E-state index in [2.05, 4.69) is 26.1 Å². The number of aliphatic hydroxyl groups excluding tert-OH is 1. The molecule has 0 aromatic heterocycles. The molecular weight excluding hydrogens is 270 g/mol. The van der Waals surface area contributed by atoms with E-state index in [-0.39, 0.29) is 18.4 Å². The van der Waals surface area contributed by atoms with E-state index in [1.165, 1.54) is 12.8 Å². The summed E-state index contributed by atoms with van der Waals surface area (Å²) in [5.74, 6) is 3.17. The Kier molecular flexibility index (Phi) is 7.96. The zero-order valence-electron chi connectivity index (χ0n) is 13.3. The van der Waals surface area contributed by atoms with Crippen LogP contribution in [-0.4, -0.2) is 35.7 Å². The first-order chi connectivity index (χ1) is 9.45. The van der Waals surface area contributed by atoms with Gasteiger partial charge < -0.3 is 10.4 Å². The molecule has 1 aliphatic carbocycles. The van der Waals surface area contributed by atoms with Crippen molar-refractivity contribution in [2.24, 2.45) is 17.3 Å². The molecule has 0 saturated heterocycles. The van der Waals surface area contributed by atoms with E-state index in [1.807, 2.05) is 0 Å². The van der Waals surface area contributed by atoms with Crippen molar-refractivity contribution < 1.29 is 9.90 Å². The van der Waals surface area contributed by atoms with Crippen molar-refractivity contribution in [2.75, 3.05) is 24.7 Å². The summed E-state index contributed by atoms with van der Waals surface area (Å²) < 4.78 is 0. The first kappa shape index (κ1) is 17.8. The molecule has 1 aliphatic rings. The molecule has 0 spiro atoms. The number of nitrogens with one attached hydrogen (secondary N) is 1. The van der Waals surface area contributed by atoms with E-state index < -0.39 is 0 Å². The molecule has 0 aliphatic heterocycles. The number of carbonyl (C=O) groups excluding carboxylic acids is 1. The fourth-order valence-electron chi connectivity index (χ4n) is 2.88. The monoisotopic (exact) mass is 301 g/mol. The molecule has 4 heteroatoms. The van der Waals surface area contributed by atoms with Crippen LogP contribution in [0.3, 0.4) is 0 Å². The van der Waals surface area contributed by atoms with Crippen LogP contribution in [0.4, 0.5) is 0 Å². The predicted molar refractivity (Wildman–Crippen MR) is 86.9 cm³/mol. The third kappa shape index (κ3) is 6.49. The summed E-state index contributed by atoms with van der Waals surface area (Å²) in [5, 5.41) is 11.7. The minimum Gasteiger partial charge on any atom is -0.396 e. The number of hydrogen-bond donors (Lipinski definition) is 2. The number of rotatable bonds is 7. The highest BCUT2D eigenvalue weighted by Crippen LogP contribution is 2.39. The summed E-state index contributed by atoms with van der Waals surface area (Å²) in [6, 6.07) is 0. The Balaban J connectivity index is 2.13. The van der Waals surface area contributed by atoms with Gasteiger partial charge in [-0.2, -0.15) is 11.8 Å². The second-order valence-electron chi connectivity index (χ2n) is 6.90. The predicted octanol–water partition coefficient (Wildman–Crippen LogP) is 3.07. The molecule has 0 bridgehead atoms. The molecule has 1 amide bonds. The van der Waals surface area contributed by atoms with Crippen LogP contribution in [0.15, 0.2) is 0 Å². The average Bonchev–Trinajstić information content (AvgIpc) is 2.41. The first-order valence-corrected chi connectivity index (χ1v) is 9.07.